The highest BCUT2D eigenvalue weighted by atomic mass is 32.2. The molecule has 142 valence electrons. The molecule has 0 fully saturated rings. The highest BCUT2D eigenvalue weighted by molar-refractivity contribution is 7.87. The van der Waals surface area contributed by atoms with Crippen molar-refractivity contribution in [1.29, 1.82) is 0 Å². The zero-order chi connectivity index (χ0) is 19.6. The van der Waals surface area contributed by atoms with E-state index in [0.29, 0.717) is 22.6 Å². The molecule has 1 unspecified atom stereocenters. The molecule has 2 aromatic rings. The molecule has 2 aromatic carbocycles. The van der Waals surface area contributed by atoms with E-state index in [1.807, 2.05) is 0 Å². The van der Waals surface area contributed by atoms with Crippen LogP contribution in [-0.4, -0.2) is 28.5 Å². The van der Waals surface area contributed by atoms with E-state index in [9.17, 15) is 13.2 Å². The Hall–Kier alpha value is -2.82. The molecule has 1 amide bonds. The first kappa shape index (κ1) is 19.0. The molecule has 3 rings (SSSR count). The summed E-state index contributed by atoms with van der Waals surface area (Å²) in [6.07, 6.45) is 0. The quantitative estimate of drug-likeness (QED) is 0.774. The van der Waals surface area contributed by atoms with Crippen molar-refractivity contribution in [3.63, 3.8) is 0 Å². The molecule has 10 heteroatoms. The van der Waals surface area contributed by atoms with Crippen LogP contribution in [0.1, 0.15) is 33.1 Å². The molecule has 1 aliphatic heterocycles. The van der Waals surface area contributed by atoms with Gasteiger partial charge in [-0.05, 0) is 28.8 Å². The van der Waals surface area contributed by atoms with Gasteiger partial charge in [0.2, 0.25) is 0 Å². The molecule has 0 radical (unpaired) electrons. The van der Waals surface area contributed by atoms with Crippen molar-refractivity contribution < 1.29 is 22.7 Å². The lowest BCUT2D eigenvalue weighted by Crippen LogP contribution is -2.30. The first-order chi connectivity index (χ1) is 12.8. The molecule has 0 aromatic heterocycles. The van der Waals surface area contributed by atoms with Crippen molar-refractivity contribution in [2.45, 2.75) is 12.6 Å². The lowest BCUT2D eigenvalue weighted by molar-refractivity contribution is 0.0985. The molecule has 0 spiro atoms. The number of nitrogens with one attached hydrogen (secondary N) is 1. The second-order valence-corrected chi connectivity index (χ2v) is 7.20. The molecule has 0 aliphatic carbocycles. The Morgan fingerprint density at radius 2 is 1.74 bits per heavy atom. The van der Waals surface area contributed by atoms with Gasteiger partial charge in [-0.25, -0.2) is 5.14 Å². The van der Waals surface area contributed by atoms with Crippen molar-refractivity contribution in [3.05, 3.63) is 58.7 Å². The molecule has 0 bridgehead atoms. The van der Waals surface area contributed by atoms with E-state index < -0.39 is 22.2 Å². The van der Waals surface area contributed by atoms with Crippen LogP contribution < -0.4 is 19.3 Å². The van der Waals surface area contributed by atoms with Crippen molar-refractivity contribution in [1.82, 2.24) is 4.72 Å². The molecule has 9 nitrogen and oxygen atoms in total. The molecule has 1 heterocycles. The number of azo groups is 1. The fourth-order valence-electron chi connectivity index (χ4n) is 2.78. The van der Waals surface area contributed by atoms with Crippen LogP contribution in [0.15, 0.2) is 46.6 Å². The summed E-state index contributed by atoms with van der Waals surface area (Å²) in [5.41, 5.74) is 2.57. The van der Waals surface area contributed by atoms with Crippen LogP contribution in [-0.2, 0) is 16.8 Å². The predicted octanol–water partition coefficient (Wildman–Crippen LogP) is 1.69. The number of hydrogen-bond donors (Lipinski definition) is 2. The van der Waals surface area contributed by atoms with E-state index in [1.54, 1.807) is 36.4 Å². The highest BCUT2D eigenvalue weighted by Crippen LogP contribution is 2.39. The van der Waals surface area contributed by atoms with Gasteiger partial charge in [-0.1, -0.05) is 24.3 Å². The van der Waals surface area contributed by atoms with Crippen LogP contribution in [0.5, 0.6) is 11.5 Å². The number of carbonyl (C=O) groups is 1. The number of nitrogens with two attached hydrogens (primary N) is 1. The molecule has 0 saturated carbocycles. The summed E-state index contributed by atoms with van der Waals surface area (Å²) >= 11 is 0. The molecule has 0 saturated heterocycles. The minimum Gasteiger partial charge on any atom is -0.493 e. The van der Waals surface area contributed by atoms with Crippen LogP contribution >= 0.6 is 0 Å². The van der Waals surface area contributed by atoms with E-state index in [-0.39, 0.29) is 6.54 Å². The molecule has 1 aliphatic rings. The van der Waals surface area contributed by atoms with Crippen LogP contribution in [0.4, 0.5) is 0 Å². The Morgan fingerprint density at radius 1 is 1.11 bits per heavy atom. The van der Waals surface area contributed by atoms with Gasteiger partial charge >= 0.3 is 0 Å². The summed E-state index contributed by atoms with van der Waals surface area (Å²) in [4.78, 5) is 12.1. The molecule has 27 heavy (non-hydrogen) atoms. The highest BCUT2D eigenvalue weighted by Gasteiger charge is 2.27. The lowest BCUT2D eigenvalue weighted by Gasteiger charge is -2.21. The third-order valence-corrected chi connectivity index (χ3v) is 4.66. The maximum atomic E-state index is 12.1. The van der Waals surface area contributed by atoms with E-state index in [2.05, 4.69) is 15.0 Å². The minimum atomic E-state index is -3.76. The van der Waals surface area contributed by atoms with E-state index in [0.717, 1.165) is 11.1 Å². The third kappa shape index (κ3) is 4.13. The smallest absolute Gasteiger partial charge is 0.295 e. The van der Waals surface area contributed by atoms with E-state index >= 15 is 0 Å². The Balaban J connectivity index is 1.94. The van der Waals surface area contributed by atoms with Gasteiger partial charge in [0.1, 0.15) is 6.04 Å². The minimum absolute atomic E-state index is 0.0748. The third-order valence-electron chi connectivity index (χ3n) is 4.12. The molecule has 3 N–H and O–H groups in total. The van der Waals surface area contributed by atoms with Gasteiger partial charge in [-0.15, -0.1) is 5.11 Å². The van der Waals surface area contributed by atoms with Crippen molar-refractivity contribution in [3.8, 4) is 11.5 Å². The van der Waals surface area contributed by atoms with Crippen LogP contribution in [0.3, 0.4) is 0 Å². The van der Waals surface area contributed by atoms with Crippen molar-refractivity contribution >= 4 is 16.1 Å². The topological polar surface area (TPSA) is 132 Å². The largest absolute Gasteiger partial charge is 0.493 e. The number of nitrogens with zero attached hydrogens (tertiary/aromatic N) is 2. The van der Waals surface area contributed by atoms with Crippen LogP contribution in [0.2, 0.25) is 0 Å². The number of carbonyl (C=O) groups excluding carboxylic acids is 1. The van der Waals surface area contributed by atoms with Gasteiger partial charge in [-0.2, -0.15) is 18.3 Å². The zero-order valence-corrected chi connectivity index (χ0v) is 15.5. The van der Waals surface area contributed by atoms with Gasteiger partial charge in [0.05, 0.1) is 19.8 Å². The standard InChI is InChI=1S/C17H18N4O5S/c1-25-14-7-12-13(8-15(14)26-2)17(22)21-20-16(12)11-5-3-10(4-6-11)9-19-27(18,23)24/h3-8,16,19H,9H2,1-2H3,(H2,18,23,24). The number of methoxy groups -OCH3 is 2. The van der Waals surface area contributed by atoms with Crippen LogP contribution in [0.25, 0.3) is 0 Å². The Labute approximate surface area is 156 Å². The Morgan fingerprint density at radius 3 is 2.33 bits per heavy atom. The van der Waals surface area contributed by atoms with Gasteiger partial charge in [0.25, 0.3) is 16.1 Å². The number of amides is 1. The first-order valence-electron chi connectivity index (χ1n) is 7.89. The summed E-state index contributed by atoms with van der Waals surface area (Å²) in [6.45, 7) is 0.0748. The SMILES string of the molecule is COc1cc2c(cc1OC)C(c1ccc(CNS(N)(=O)=O)cc1)N=NC2=O. The number of fused-ring (bicyclic) bond motifs is 1. The summed E-state index contributed by atoms with van der Waals surface area (Å²) in [5.74, 6) is 0.473. The number of rotatable bonds is 6. The summed E-state index contributed by atoms with van der Waals surface area (Å²) < 4.78 is 34.8. The average Bonchev–Trinajstić information content (AvgIpc) is 2.65. The molecule has 1 atom stereocenters. The average molecular weight is 390 g/mol. The Kier molecular flexibility index (Phi) is 5.22. The second kappa shape index (κ2) is 7.43. The zero-order valence-electron chi connectivity index (χ0n) is 14.7. The van der Waals surface area contributed by atoms with Gasteiger partial charge in [0, 0.05) is 6.54 Å². The number of hydrogen-bond acceptors (Lipinski definition) is 6. The van der Waals surface area contributed by atoms with Gasteiger partial charge < -0.3 is 9.47 Å². The fourth-order valence-corrected chi connectivity index (χ4v) is 3.15. The predicted molar refractivity (Wildman–Crippen MR) is 97.0 cm³/mol. The van der Waals surface area contributed by atoms with Gasteiger partial charge in [0.15, 0.2) is 11.5 Å². The summed E-state index contributed by atoms with van der Waals surface area (Å²) in [6, 6.07) is 9.90. The van der Waals surface area contributed by atoms with E-state index in [1.165, 1.54) is 14.2 Å². The van der Waals surface area contributed by atoms with E-state index in [4.69, 9.17) is 14.6 Å². The summed E-state index contributed by atoms with van der Waals surface area (Å²) in [5, 5.41) is 12.8. The fraction of sp³-hybridized carbons (Fsp3) is 0.235. The number of ether oxygens (including phenoxy) is 2. The second-order valence-electron chi connectivity index (χ2n) is 5.83. The molecular weight excluding hydrogens is 372 g/mol. The first-order valence-corrected chi connectivity index (χ1v) is 9.44. The maximum absolute atomic E-state index is 12.1. The van der Waals surface area contributed by atoms with Crippen molar-refractivity contribution in [2.24, 2.45) is 15.4 Å². The Bertz CT molecular complexity index is 1000. The summed E-state index contributed by atoms with van der Waals surface area (Å²) in [7, 11) is -0.757. The maximum Gasteiger partial charge on any atom is 0.295 e. The molecular formula is C17H18N4O5S. The van der Waals surface area contributed by atoms with Crippen molar-refractivity contribution in [2.75, 3.05) is 14.2 Å². The monoisotopic (exact) mass is 390 g/mol. The lowest BCUT2D eigenvalue weighted by atomic mass is 9.92. The van der Waals surface area contributed by atoms with Gasteiger partial charge in [-0.3, -0.25) is 4.79 Å². The number of benzene rings is 2. The normalized spacial score (nSPS) is 16.1. The van der Waals surface area contributed by atoms with Crippen LogP contribution in [0, 0.1) is 0 Å².